The van der Waals surface area contributed by atoms with Crippen molar-refractivity contribution in [2.24, 2.45) is 0 Å². The second-order valence-corrected chi connectivity index (χ2v) is 9.97. The number of carbonyl (C=O) groups is 1. The molecule has 2 N–H and O–H groups in total. The second kappa shape index (κ2) is 12.4. The van der Waals surface area contributed by atoms with E-state index in [-0.39, 0.29) is 42.1 Å². The van der Waals surface area contributed by atoms with Crippen molar-refractivity contribution in [2.75, 3.05) is 41.3 Å². The molecule has 1 atom stereocenters. The molecule has 4 rings (SSSR count). The van der Waals surface area contributed by atoms with Gasteiger partial charge in [0.05, 0.1) is 5.02 Å². The van der Waals surface area contributed by atoms with Gasteiger partial charge in [0.2, 0.25) is 5.82 Å². The molecule has 0 aliphatic carbocycles. The summed E-state index contributed by atoms with van der Waals surface area (Å²) in [5.74, 6) is -10.0. The molecule has 1 heterocycles. The lowest BCUT2D eigenvalue weighted by atomic mass is 10.2. The molecule has 3 aromatic carbocycles. The standard InChI is InChI=1S/C26H21Cl2F5N4O2S/c1-13(39-18-7-2-14(27)12-17(18)28)25(38)35-26(40)34-15-3-5-16(6-4-15)36-8-10-37(11-9-36)24-22(32)20(30)19(29)21(31)23(24)33/h2-7,12-13H,8-11H2,1H3,(H2,34,35,38,40). The summed E-state index contributed by atoms with van der Waals surface area (Å²) in [5, 5.41) is 6.14. The van der Waals surface area contributed by atoms with Gasteiger partial charge in [-0.05, 0) is 61.6 Å². The molecule has 1 aliphatic heterocycles. The molecule has 212 valence electrons. The fraction of sp³-hybridized carbons (Fsp3) is 0.231. The first-order chi connectivity index (χ1) is 19.0. The number of halogens is 7. The highest BCUT2D eigenvalue weighted by molar-refractivity contribution is 7.80. The predicted octanol–water partition coefficient (Wildman–Crippen LogP) is 6.30. The number of hydrogen-bond donors (Lipinski definition) is 2. The first-order valence-electron chi connectivity index (χ1n) is 11.8. The molecule has 1 saturated heterocycles. The van der Waals surface area contributed by atoms with Crippen LogP contribution < -0.4 is 25.2 Å². The van der Waals surface area contributed by atoms with Crippen LogP contribution in [-0.4, -0.2) is 43.3 Å². The third kappa shape index (κ3) is 6.51. The number of benzene rings is 3. The Morgan fingerprint density at radius 3 is 2.00 bits per heavy atom. The number of nitrogens with one attached hydrogen (secondary N) is 2. The van der Waals surface area contributed by atoms with Crippen molar-refractivity contribution in [1.29, 1.82) is 0 Å². The molecular formula is C26H21Cl2F5N4O2S. The van der Waals surface area contributed by atoms with Gasteiger partial charge in [-0.2, -0.15) is 0 Å². The van der Waals surface area contributed by atoms with Crippen LogP contribution in [-0.2, 0) is 4.79 Å². The number of ether oxygens (including phenoxy) is 1. The minimum atomic E-state index is -2.18. The van der Waals surface area contributed by atoms with Crippen LogP contribution in [0.3, 0.4) is 0 Å². The Bertz CT molecular complexity index is 1410. The number of anilines is 3. The lowest BCUT2D eigenvalue weighted by Crippen LogP contribution is -2.47. The molecule has 1 amide bonds. The number of amides is 1. The van der Waals surface area contributed by atoms with Gasteiger partial charge in [0.25, 0.3) is 5.91 Å². The van der Waals surface area contributed by atoms with Crippen LogP contribution >= 0.6 is 35.4 Å². The average Bonchev–Trinajstić information content (AvgIpc) is 2.93. The van der Waals surface area contributed by atoms with E-state index in [4.69, 9.17) is 40.2 Å². The summed E-state index contributed by atoms with van der Waals surface area (Å²) in [6, 6.07) is 11.5. The fourth-order valence-corrected chi connectivity index (χ4v) is 4.68. The zero-order valence-corrected chi connectivity index (χ0v) is 23.0. The largest absolute Gasteiger partial charge is 0.479 e. The zero-order valence-electron chi connectivity index (χ0n) is 20.7. The summed E-state index contributed by atoms with van der Waals surface area (Å²) in [7, 11) is 0. The lowest BCUT2D eigenvalue weighted by molar-refractivity contribution is -0.125. The monoisotopic (exact) mass is 618 g/mol. The van der Waals surface area contributed by atoms with E-state index in [0.29, 0.717) is 10.7 Å². The van der Waals surface area contributed by atoms with Crippen molar-refractivity contribution >= 4 is 63.5 Å². The molecule has 6 nitrogen and oxygen atoms in total. The smallest absolute Gasteiger partial charge is 0.266 e. The van der Waals surface area contributed by atoms with Crippen LogP contribution in [0.5, 0.6) is 5.75 Å². The van der Waals surface area contributed by atoms with E-state index in [1.54, 1.807) is 36.4 Å². The highest BCUT2D eigenvalue weighted by Crippen LogP contribution is 2.32. The van der Waals surface area contributed by atoms with Crippen molar-refractivity contribution in [3.8, 4) is 5.75 Å². The van der Waals surface area contributed by atoms with Crippen LogP contribution in [0.1, 0.15) is 6.92 Å². The maximum atomic E-state index is 14.2. The first kappa shape index (κ1) is 29.6. The maximum Gasteiger partial charge on any atom is 0.266 e. The summed E-state index contributed by atoms with van der Waals surface area (Å²) in [6.07, 6.45) is -0.913. The number of rotatable bonds is 6. The van der Waals surface area contributed by atoms with Gasteiger partial charge in [-0.15, -0.1) is 0 Å². The minimum absolute atomic E-state index is 0.0341. The fourth-order valence-electron chi connectivity index (χ4n) is 4.01. The SMILES string of the molecule is CC(Oc1ccc(Cl)cc1Cl)C(=O)NC(=S)Nc1ccc(N2CCN(c3c(F)c(F)c(F)c(F)c3F)CC2)cc1. The van der Waals surface area contributed by atoms with Gasteiger partial charge in [-0.1, -0.05) is 23.2 Å². The van der Waals surface area contributed by atoms with E-state index in [9.17, 15) is 26.7 Å². The Kier molecular flexibility index (Phi) is 9.22. The topological polar surface area (TPSA) is 56.8 Å². The third-order valence-corrected chi connectivity index (χ3v) is 6.81. The molecular weight excluding hydrogens is 598 g/mol. The molecule has 40 heavy (non-hydrogen) atoms. The maximum absolute atomic E-state index is 14.2. The van der Waals surface area contributed by atoms with Gasteiger partial charge < -0.3 is 19.9 Å². The van der Waals surface area contributed by atoms with Gasteiger partial charge in [-0.3, -0.25) is 10.1 Å². The Labute approximate surface area is 241 Å². The lowest BCUT2D eigenvalue weighted by Gasteiger charge is -2.37. The average molecular weight is 619 g/mol. The van der Waals surface area contributed by atoms with E-state index in [2.05, 4.69) is 10.6 Å². The Morgan fingerprint density at radius 1 is 0.875 bits per heavy atom. The number of thiocarbonyl (C=S) groups is 1. The van der Waals surface area contributed by atoms with Crippen LogP contribution in [0.25, 0.3) is 0 Å². The Morgan fingerprint density at radius 2 is 1.43 bits per heavy atom. The van der Waals surface area contributed by atoms with Gasteiger partial charge in [0.1, 0.15) is 11.4 Å². The van der Waals surface area contributed by atoms with Crippen molar-refractivity contribution < 1.29 is 31.5 Å². The van der Waals surface area contributed by atoms with E-state index >= 15 is 0 Å². The summed E-state index contributed by atoms with van der Waals surface area (Å²) >= 11 is 17.1. The van der Waals surface area contributed by atoms with E-state index in [0.717, 1.165) is 10.6 Å². The van der Waals surface area contributed by atoms with Crippen molar-refractivity contribution in [1.82, 2.24) is 5.32 Å². The highest BCUT2D eigenvalue weighted by atomic mass is 35.5. The van der Waals surface area contributed by atoms with E-state index < -0.39 is 46.8 Å². The molecule has 0 spiro atoms. The third-order valence-electron chi connectivity index (χ3n) is 6.08. The van der Waals surface area contributed by atoms with Crippen LogP contribution in [0.2, 0.25) is 10.0 Å². The summed E-state index contributed by atoms with van der Waals surface area (Å²) in [5.41, 5.74) is 0.407. The molecule has 0 saturated carbocycles. The Hall–Kier alpha value is -3.35. The second-order valence-electron chi connectivity index (χ2n) is 8.72. The van der Waals surface area contributed by atoms with E-state index in [1.807, 2.05) is 4.90 Å². The molecule has 1 fully saturated rings. The summed E-state index contributed by atoms with van der Waals surface area (Å²) in [6.45, 7) is 2.15. The Balaban J connectivity index is 1.30. The van der Waals surface area contributed by atoms with Gasteiger partial charge in [0.15, 0.2) is 34.5 Å². The molecule has 1 aliphatic rings. The van der Waals surface area contributed by atoms with Crippen molar-refractivity contribution in [2.45, 2.75) is 13.0 Å². The van der Waals surface area contributed by atoms with Crippen LogP contribution in [0.15, 0.2) is 42.5 Å². The number of nitrogens with zero attached hydrogens (tertiary/aromatic N) is 2. The minimum Gasteiger partial charge on any atom is -0.479 e. The molecule has 0 aromatic heterocycles. The van der Waals surface area contributed by atoms with Gasteiger partial charge >= 0.3 is 0 Å². The van der Waals surface area contributed by atoms with Crippen LogP contribution in [0.4, 0.5) is 39.0 Å². The number of carbonyl (C=O) groups excluding carboxylic acids is 1. The van der Waals surface area contributed by atoms with Crippen molar-refractivity contribution in [3.05, 3.63) is 81.6 Å². The molecule has 0 radical (unpaired) electrons. The zero-order chi connectivity index (χ0) is 29.1. The first-order valence-corrected chi connectivity index (χ1v) is 13.0. The molecule has 1 unspecified atom stereocenters. The number of piperazine rings is 1. The quantitative estimate of drug-likeness (QED) is 0.146. The molecule has 3 aromatic rings. The van der Waals surface area contributed by atoms with Gasteiger partial charge in [-0.25, -0.2) is 22.0 Å². The molecule has 14 heteroatoms. The number of hydrogen-bond acceptors (Lipinski definition) is 5. The van der Waals surface area contributed by atoms with Crippen molar-refractivity contribution in [3.63, 3.8) is 0 Å². The highest BCUT2D eigenvalue weighted by Gasteiger charge is 2.30. The van der Waals surface area contributed by atoms with E-state index in [1.165, 1.54) is 13.0 Å². The molecule has 0 bridgehead atoms. The summed E-state index contributed by atoms with van der Waals surface area (Å²) < 4.78 is 74.5. The normalized spacial score (nSPS) is 14.1. The summed E-state index contributed by atoms with van der Waals surface area (Å²) in [4.78, 5) is 15.5. The predicted molar refractivity (Wildman–Crippen MR) is 148 cm³/mol. The van der Waals surface area contributed by atoms with Crippen LogP contribution in [0, 0.1) is 29.1 Å². The van der Waals surface area contributed by atoms with Gasteiger partial charge in [0, 0.05) is 42.6 Å².